The van der Waals surface area contributed by atoms with Gasteiger partial charge in [-0.25, -0.2) is 0 Å². The SMILES string of the molecule is CNC(=O)c1cccc(NC(=O)Cc2ccc(N3CCCC3=O)cc2)c1. The van der Waals surface area contributed by atoms with E-state index in [4.69, 9.17) is 0 Å². The van der Waals surface area contributed by atoms with Crippen LogP contribution >= 0.6 is 0 Å². The molecule has 0 aliphatic carbocycles. The van der Waals surface area contributed by atoms with Crippen molar-refractivity contribution in [2.75, 3.05) is 23.8 Å². The zero-order chi connectivity index (χ0) is 18.5. The van der Waals surface area contributed by atoms with E-state index in [2.05, 4.69) is 10.6 Å². The summed E-state index contributed by atoms with van der Waals surface area (Å²) in [4.78, 5) is 37.4. The Hall–Kier alpha value is -3.15. The van der Waals surface area contributed by atoms with Crippen LogP contribution in [0.15, 0.2) is 48.5 Å². The maximum atomic E-state index is 12.2. The van der Waals surface area contributed by atoms with Crippen LogP contribution in [0.5, 0.6) is 0 Å². The van der Waals surface area contributed by atoms with Gasteiger partial charge in [0.1, 0.15) is 0 Å². The Labute approximate surface area is 152 Å². The van der Waals surface area contributed by atoms with Crippen molar-refractivity contribution >= 4 is 29.1 Å². The molecule has 2 aromatic carbocycles. The number of rotatable bonds is 5. The highest BCUT2D eigenvalue weighted by Gasteiger charge is 2.21. The number of nitrogens with zero attached hydrogens (tertiary/aromatic N) is 1. The van der Waals surface area contributed by atoms with Crippen molar-refractivity contribution < 1.29 is 14.4 Å². The number of nitrogens with one attached hydrogen (secondary N) is 2. The molecule has 1 aliphatic rings. The second kappa shape index (κ2) is 7.82. The van der Waals surface area contributed by atoms with E-state index in [1.165, 1.54) is 0 Å². The van der Waals surface area contributed by atoms with E-state index >= 15 is 0 Å². The molecule has 2 aromatic rings. The Balaban J connectivity index is 1.61. The minimum Gasteiger partial charge on any atom is -0.355 e. The third-order valence-electron chi connectivity index (χ3n) is 4.32. The van der Waals surface area contributed by atoms with Gasteiger partial charge in [-0.1, -0.05) is 18.2 Å². The van der Waals surface area contributed by atoms with Crippen molar-refractivity contribution in [3.8, 4) is 0 Å². The fourth-order valence-electron chi connectivity index (χ4n) is 2.99. The number of hydrogen-bond donors (Lipinski definition) is 2. The van der Waals surface area contributed by atoms with Crippen molar-refractivity contribution in [1.82, 2.24) is 5.32 Å². The van der Waals surface area contributed by atoms with Crippen LogP contribution in [0, 0.1) is 0 Å². The van der Waals surface area contributed by atoms with Crippen LogP contribution in [-0.4, -0.2) is 31.3 Å². The average Bonchev–Trinajstić information content (AvgIpc) is 3.08. The number of amides is 3. The molecule has 2 N–H and O–H groups in total. The zero-order valence-electron chi connectivity index (χ0n) is 14.6. The lowest BCUT2D eigenvalue weighted by molar-refractivity contribution is -0.117. The van der Waals surface area contributed by atoms with Gasteiger partial charge in [-0.15, -0.1) is 0 Å². The molecule has 0 radical (unpaired) electrons. The molecule has 1 saturated heterocycles. The molecule has 0 unspecified atom stereocenters. The molecule has 0 atom stereocenters. The Bertz CT molecular complexity index is 830. The average molecular weight is 351 g/mol. The molecule has 1 aliphatic heterocycles. The fraction of sp³-hybridized carbons (Fsp3) is 0.250. The van der Waals surface area contributed by atoms with E-state index in [1.807, 2.05) is 24.3 Å². The molecule has 26 heavy (non-hydrogen) atoms. The molecule has 0 aromatic heterocycles. The first-order valence-electron chi connectivity index (χ1n) is 8.58. The maximum Gasteiger partial charge on any atom is 0.251 e. The molecule has 134 valence electrons. The van der Waals surface area contributed by atoms with Crippen LogP contribution in [0.3, 0.4) is 0 Å². The van der Waals surface area contributed by atoms with Crippen molar-refractivity contribution in [3.63, 3.8) is 0 Å². The minimum atomic E-state index is -0.201. The predicted octanol–water partition coefficient (Wildman–Crippen LogP) is 2.35. The van der Waals surface area contributed by atoms with E-state index in [1.54, 1.807) is 36.2 Å². The summed E-state index contributed by atoms with van der Waals surface area (Å²) in [5, 5.41) is 5.36. The highest BCUT2D eigenvalue weighted by atomic mass is 16.2. The summed E-state index contributed by atoms with van der Waals surface area (Å²) >= 11 is 0. The molecule has 1 heterocycles. The summed E-state index contributed by atoms with van der Waals surface area (Å²) in [5.41, 5.74) is 2.80. The van der Waals surface area contributed by atoms with Gasteiger partial charge in [0, 0.05) is 37.0 Å². The topological polar surface area (TPSA) is 78.5 Å². The van der Waals surface area contributed by atoms with Gasteiger partial charge in [0.2, 0.25) is 11.8 Å². The number of carbonyl (C=O) groups is 3. The molecule has 3 amide bonds. The highest BCUT2D eigenvalue weighted by Crippen LogP contribution is 2.22. The van der Waals surface area contributed by atoms with Crippen LogP contribution in [0.4, 0.5) is 11.4 Å². The Morgan fingerprint density at radius 2 is 1.88 bits per heavy atom. The summed E-state index contributed by atoms with van der Waals surface area (Å²) in [6.07, 6.45) is 1.70. The number of benzene rings is 2. The van der Waals surface area contributed by atoms with Gasteiger partial charge in [0.25, 0.3) is 5.91 Å². The van der Waals surface area contributed by atoms with Crippen LogP contribution in [0.2, 0.25) is 0 Å². The van der Waals surface area contributed by atoms with Crippen LogP contribution in [0.1, 0.15) is 28.8 Å². The second-order valence-corrected chi connectivity index (χ2v) is 6.20. The van der Waals surface area contributed by atoms with Crippen molar-refractivity contribution in [3.05, 3.63) is 59.7 Å². The van der Waals surface area contributed by atoms with Gasteiger partial charge in [0.15, 0.2) is 0 Å². The number of hydrogen-bond acceptors (Lipinski definition) is 3. The lowest BCUT2D eigenvalue weighted by atomic mass is 10.1. The summed E-state index contributed by atoms with van der Waals surface area (Å²) in [6.45, 7) is 0.750. The highest BCUT2D eigenvalue weighted by molar-refractivity contribution is 5.98. The van der Waals surface area contributed by atoms with Gasteiger partial charge >= 0.3 is 0 Å². The zero-order valence-corrected chi connectivity index (χ0v) is 14.6. The van der Waals surface area contributed by atoms with Crippen LogP contribution in [0.25, 0.3) is 0 Å². The first-order chi connectivity index (χ1) is 12.6. The second-order valence-electron chi connectivity index (χ2n) is 6.20. The van der Waals surface area contributed by atoms with Crippen molar-refractivity contribution in [2.24, 2.45) is 0 Å². The molecule has 1 fully saturated rings. The first kappa shape index (κ1) is 17.7. The largest absolute Gasteiger partial charge is 0.355 e. The Morgan fingerprint density at radius 3 is 2.54 bits per heavy atom. The van der Waals surface area contributed by atoms with Gasteiger partial charge in [-0.05, 0) is 42.3 Å². The minimum absolute atomic E-state index is 0.145. The maximum absolute atomic E-state index is 12.2. The quantitative estimate of drug-likeness (QED) is 0.868. The van der Waals surface area contributed by atoms with Gasteiger partial charge in [0.05, 0.1) is 6.42 Å². The number of carbonyl (C=O) groups excluding carboxylic acids is 3. The first-order valence-corrected chi connectivity index (χ1v) is 8.58. The molecule has 3 rings (SSSR count). The van der Waals surface area contributed by atoms with Crippen molar-refractivity contribution in [2.45, 2.75) is 19.3 Å². The van der Waals surface area contributed by atoms with Gasteiger partial charge in [-0.3, -0.25) is 14.4 Å². The molecule has 6 heteroatoms. The fourth-order valence-corrected chi connectivity index (χ4v) is 2.99. The summed E-state index contributed by atoms with van der Waals surface area (Å²) in [6, 6.07) is 14.3. The Morgan fingerprint density at radius 1 is 1.12 bits per heavy atom. The third kappa shape index (κ3) is 4.08. The lowest BCUT2D eigenvalue weighted by Crippen LogP contribution is -2.23. The Kier molecular flexibility index (Phi) is 5.31. The molecule has 0 bridgehead atoms. The van der Waals surface area contributed by atoms with Crippen molar-refractivity contribution in [1.29, 1.82) is 0 Å². The lowest BCUT2D eigenvalue weighted by Gasteiger charge is -2.15. The van der Waals surface area contributed by atoms with Crippen LogP contribution in [-0.2, 0) is 16.0 Å². The van der Waals surface area contributed by atoms with E-state index in [0.29, 0.717) is 17.7 Å². The number of anilines is 2. The molecule has 0 spiro atoms. The summed E-state index contributed by atoms with van der Waals surface area (Å²) in [5.74, 6) is -0.219. The van der Waals surface area contributed by atoms with Gasteiger partial charge in [-0.2, -0.15) is 0 Å². The molecular formula is C20H21N3O3. The van der Waals surface area contributed by atoms with E-state index in [-0.39, 0.29) is 24.1 Å². The van der Waals surface area contributed by atoms with Crippen LogP contribution < -0.4 is 15.5 Å². The molecular weight excluding hydrogens is 330 g/mol. The van der Waals surface area contributed by atoms with E-state index < -0.39 is 0 Å². The third-order valence-corrected chi connectivity index (χ3v) is 4.32. The standard InChI is InChI=1S/C20H21N3O3/c1-21-20(26)15-4-2-5-16(13-15)22-18(24)12-14-7-9-17(10-8-14)23-11-3-6-19(23)25/h2,4-5,7-10,13H,3,6,11-12H2,1H3,(H,21,26)(H,22,24). The van der Waals surface area contributed by atoms with Gasteiger partial charge < -0.3 is 15.5 Å². The normalized spacial score (nSPS) is 13.6. The van der Waals surface area contributed by atoms with E-state index in [0.717, 1.165) is 24.2 Å². The predicted molar refractivity (Wildman–Crippen MR) is 100 cm³/mol. The summed E-state index contributed by atoms with van der Waals surface area (Å²) in [7, 11) is 1.56. The van der Waals surface area contributed by atoms with E-state index in [9.17, 15) is 14.4 Å². The molecule has 6 nitrogen and oxygen atoms in total. The monoisotopic (exact) mass is 351 g/mol. The molecule has 0 saturated carbocycles. The smallest absolute Gasteiger partial charge is 0.251 e. The summed E-state index contributed by atoms with van der Waals surface area (Å²) < 4.78 is 0.